The van der Waals surface area contributed by atoms with Gasteiger partial charge in [-0.15, -0.1) is 11.8 Å². The van der Waals surface area contributed by atoms with Crippen molar-refractivity contribution in [3.8, 4) is 0 Å². The summed E-state index contributed by atoms with van der Waals surface area (Å²) in [6, 6.07) is 3.52. The highest BCUT2D eigenvalue weighted by Crippen LogP contribution is 2.64. The number of benzene rings is 1. The molecule has 0 aliphatic heterocycles. The van der Waals surface area contributed by atoms with Crippen molar-refractivity contribution >= 4 is 36.0 Å². The first kappa shape index (κ1) is 27.5. The van der Waals surface area contributed by atoms with Crippen molar-refractivity contribution in [2.24, 2.45) is 29.6 Å². The summed E-state index contributed by atoms with van der Waals surface area (Å²) in [5, 5.41) is 0. The summed E-state index contributed by atoms with van der Waals surface area (Å²) in [5.41, 5.74) is 0. The summed E-state index contributed by atoms with van der Waals surface area (Å²) < 4.78 is 55.3. The minimum Gasteiger partial charge on any atom is -0.435 e. The van der Waals surface area contributed by atoms with Crippen molar-refractivity contribution < 1.29 is 56.4 Å². The molecule has 5 atom stereocenters. The van der Waals surface area contributed by atoms with Crippen LogP contribution < -0.4 is 0 Å². The van der Waals surface area contributed by atoms with Crippen molar-refractivity contribution in [2.75, 3.05) is 32.6 Å². The Bertz CT molecular complexity index is 974. The van der Waals surface area contributed by atoms with Gasteiger partial charge in [0.15, 0.2) is 11.6 Å². The highest BCUT2D eigenvalue weighted by molar-refractivity contribution is 7.99. The van der Waals surface area contributed by atoms with Crippen molar-refractivity contribution in [3.05, 3.63) is 29.8 Å². The van der Waals surface area contributed by atoms with Gasteiger partial charge in [-0.2, -0.15) is 0 Å². The van der Waals surface area contributed by atoms with Crippen LogP contribution in [-0.4, -0.2) is 56.8 Å². The molecular weight excluding hydrogens is 506 g/mol. The number of rotatable bonds is 11. The molecule has 2 aliphatic carbocycles. The van der Waals surface area contributed by atoms with Gasteiger partial charge in [0.05, 0.1) is 25.0 Å². The Hall–Kier alpha value is -3.09. The van der Waals surface area contributed by atoms with E-state index in [1.54, 1.807) is 13.8 Å². The second-order valence-electron chi connectivity index (χ2n) is 7.99. The maximum absolute atomic E-state index is 13.5. The lowest BCUT2D eigenvalue weighted by molar-refractivity contribution is -0.161. The quantitative estimate of drug-likeness (QED) is 0.178. The van der Waals surface area contributed by atoms with Gasteiger partial charge >= 0.3 is 24.2 Å². The van der Waals surface area contributed by atoms with Gasteiger partial charge in [0, 0.05) is 10.6 Å². The number of thioether (sulfide) groups is 1. The zero-order valence-electron chi connectivity index (χ0n) is 19.6. The van der Waals surface area contributed by atoms with Crippen molar-refractivity contribution in [3.63, 3.8) is 0 Å². The molecule has 0 N–H and O–H groups in total. The molecule has 13 heteroatoms. The predicted octanol–water partition coefficient (Wildman–Crippen LogP) is 3.90. The molecule has 36 heavy (non-hydrogen) atoms. The van der Waals surface area contributed by atoms with E-state index in [1.165, 1.54) is 17.8 Å². The van der Waals surface area contributed by atoms with Gasteiger partial charge in [0.1, 0.15) is 0 Å². The third-order valence-corrected chi connectivity index (χ3v) is 7.09. The van der Waals surface area contributed by atoms with Crippen LogP contribution in [0.25, 0.3) is 0 Å². The first-order valence-corrected chi connectivity index (χ1v) is 12.3. The van der Waals surface area contributed by atoms with Gasteiger partial charge in [-0.25, -0.2) is 18.4 Å². The Kier molecular flexibility index (Phi) is 9.73. The molecule has 0 saturated heterocycles. The van der Waals surface area contributed by atoms with Gasteiger partial charge < -0.3 is 28.4 Å². The van der Waals surface area contributed by atoms with E-state index in [2.05, 4.69) is 18.9 Å². The van der Waals surface area contributed by atoms with E-state index in [-0.39, 0.29) is 31.0 Å². The lowest BCUT2D eigenvalue weighted by Gasteiger charge is -2.22. The average Bonchev–Trinajstić information content (AvgIpc) is 3.40. The largest absolute Gasteiger partial charge is 0.511 e. The SMILES string of the molecule is CCOC(=O)OCOC(=O)[C@@H]1[C@H](CSc2ccc(F)c(F)c2)C[C@H]2[C@H](C(=O)OCOC(=O)OCC)[C@H]21. The smallest absolute Gasteiger partial charge is 0.435 e. The molecule has 1 aromatic carbocycles. The van der Waals surface area contributed by atoms with E-state index in [4.69, 9.17) is 9.47 Å². The van der Waals surface area contributed by atoms with E-state index in [0.717, 1.165) is 12.1 Å². The number of carbonyl (C=O) groups excluding carboxylic acids is 4. The number of hydrogen-bond donors (Lipinski definition) is 0. The van der Waals surface area contributed by atoms with Crippen molar-refractivity contribution in [2.45, 2.75) is 25.2 Å². The van der Waals surface area contributed by atoms with Crippen LogP contribution in [-0.2, 0) is 38.0 Å². The molecule has 2 aliphatic rings. The zero-order chi connectivity index (χ0) is 26.2. The fourth-order valence-electron chi connectivity index (χ4n) is 4.41. The zero-order valence-corrected chi connectivity index (χ0v) is 20.4. The maximum Gasteiger partial charge on any atom is 0.511 e. The van der Waals surface area contributed by atoms with Crippen molar-refractivity contribution in [1.82, 2.24) is 0 Å². The third kappa shape index (κ3) is 6.99. The second kappa shape index (κ2) is 12.7. The number of fused-ring (bicyclic) bond motifs is 1. The normalized spacial score (nSPS) is 23.7. The Labute approximate surface area is 209 Å². The Balaban J connectivity index is 1.59. The van der Waals surface area contributed by atoms with E-state index in [0.29, 0.717) is 17.1 Å². The molecule has 1 aromatic rings. The first-order chi connectivity index (χ1) is 17.3. The molecule has 0 unspecified atom stereocenters. The van der Waals surface area contributed by atoms with E-state index in [1.807, 2.05) is 0 Å². The third-order valence-electron chi connectivity index (χ3n) is 5.91. The molecule has 0 bridgehead atoms. The van der Waals surface area contributed by atoms with Crippen LogP contribution in [0.3, 0.4) is 0 Å². The topological polar surface area (TPSA) is 124 Å². The Morgan fingerprint density at radius 1 is 0.833 bits per heavy atom. The van der Waals surface area contributed by atoms with Gasteiger partial charge in [0.2, 0.25) is 13.6 Å². The summed E-state index contributed by atoms with van der Waals surface area (Å²) in [7, 11) is 0. The molecule has 0 radical (unpaired) electrons. The Morgan fingerprint density at radius 3 is 1.97 bits per heavy atom. The first-order valence-electron chi connectivity index (χ1n) is 11.3. The minimum atomic E-state index is -0.991. The molecule has 2 saturated carbocycles. The van der Waals surface area contributed by atoms with Crippen LogP contribution in [0.15, 0.2) is 23.1 Å². The molecule has 3 rings (SSSR count). The van der Waals surface area contributed by atoms with Gasteiger partial charge in [-0.1, -0.05) is 0 Å². The van der Waals surface area contributed by atoms with Crippen LogP contribution in [0.4, 0.5) is 18.4 Å². The van der Waals surface area contributed by atoms with Gasteiger partial charge in [-0.3, -0.25) is 9.59 Å². The fraction of sp³-hybridized carbons (Fsp3) is 0.565. The van der Waals surface area contributed by atoms with Crippen molar-refractivity contribution in [1.29, 1.82) is 0 Å². The Morgan fingerprint density at radius 2 is 1.42 bits per heavy atom. The van der Waals surface area contributed by atoms with Gasteiger partial charge in [-0.05, 0) is 56.2 Å². The summed E-state index contributed by atoms with van der Waals surface area (Å²) in [6.45, 7) is 2.10. The number of carbonyl (C=O) groups is 4. The van der Waals surface area contributed by atoms with E-state index < -0.39 is 61.3 Å². The predicted molar refractivity (Wildman–Crippen MR) is 117 cm³/mol. The highest BCUT2D eigenvalue weighted by atomic mass is 32.2. The lowest BCUT2D eigenvalue weighted by atomic mass is 9.90. The number of ether oxygens (including phenoxy) is 6. The molecule has 2 fully saturated rings. The van der Waals surface area contributed by atoms with E-state index >= 15 is 0 Å². The molecule has 0 heterocycles. The fourth-order valence-corrected chi connectivity index (χ4v) is 5.51. The minimum absolute atomic E-state index is 0.0894. The van der Waals surface area contributed by atoms with Crippen LogP contribution in [0.5, 0.6) is 0 Å². The summed E-state index contributed by atoms with van der Waals surface area (Å²) in [4.78, 5) is 48.4. The molecule has 0 spiro atoms. The summed E-state index contributed by atoms with van der Waals surface area (Å²) in [5.74, 6) is -4.96. The number of hydrogen-bond acceptors (Lipinski definition) is 11. The highest BCUT2D eigenvalue weighted by Gasteiger charge is 2.67. The van der Waals surface area contributed by atoms with E-state index in [9.17, 15) is 28.0 Å². The molecule has 10 nitrogen and oxygen atoms in total. The van der Waals surface area contributed by atoms with Gasteiger partial charge in [0.25, 0.3) is 0 Å². The van der Waals surface area contributed by atoms with Crippen LogP contribution in [0, 0.1) is 41.2 Å². The second-order valence-corrected chi connectivity index (χ2v) is 9.09. The van der Waals surface area contributed by atoms with Crippen LogP contribution in [0.2, 0.25) is 0 Å². The average molecular weight is 533 g/mol. The van der Waals surface area contributed by atoms with Crippen LogP contribution in [0.1, 0.15) is 20.3 Å². The summed E-state index contributed by atoms with van der Waals surface area (Å²) >= 11 is 1.24. The summed E-state index contributed by atoms with van der Waals surface area (Å²) in [6.07, 6.45) is -1.48. The molecule has 0 aromatic heterocycles. The van der Waals surface area contributed by atoms with Crippen LogP contribution >= 0.6 is 11.8 Å². The molecular formula is C23H26F2O10S. The number of halogens is 2. The molecule has 198 valence electrons. The molecule has 0 amide bonds. The monoisotopic (exact) mass is 532 g/mol. The lowest BCUT2D eigenvalue weighted by Crippen LogP contribution is -2.30. The maximum atomic E-state index is 13.5. The standard InChI is InChI=1S/C23H26F2O10S/c1-3-30-22(28)34-10-32-20(26)17-12(9-36-13-5-6-15(24)16(25)8-13)7-14-18(17)19(14)21(27)33-11-35-23(29)31-4-2/h5-6,8,12,14,17-19H,3-4,7,9-11H2,1-2H3/t12-,14+,17+,18+,19-/m0/s1. The number of esters is 2.